The smallest absolute Gasteiger partial charge is 0.410 e. The Labute approximate surface area is 137 Å². The Morgan fingerprint density at radius 2 is 1.91 bits per heavy atom. The number of nitroso groups, excluding NO2 is 1. The maximum absolute atomic E-state index is 12.2. The summed E-state index contributed by atoms with van der Waals surface area (Å²) in [5.74, 6) is 0. The molecule has 126 valence electrons. The molecule has 1 fully saturated rings. The number of carbonyl (C=O) groups is 1. The number of rotatable bonds is 3. The molecule has 23 heavy (non-hydrogen) atoms. The molecule has 0 N–H and O–H groups in total. The molecule has 0 aliphatic carbocycles. The largest absolute Gasteiger partial charge is 0.444 e. The summed E-state index contributed by atoms with van der Waals surface area (Å²) in [4.78, 5) is 26.7. The molecule has 1 amide bonds. The van der Waals surface area contributed by atoms with Crippen molar-refractivity contribution in [2.24, 2.45) is 5.18 Å². The fraction of sp³-hybridized carbons (Fsp3) is 0.588. The molecule has 1 atom stereocenters. The van der Waals surface area contributed by atoms with E-state index in [2.05, 4.69) is 10.1 Å². The van der Waals surface area contributed by atoms with Crippen LogP contribution in [0, 0.1) is 4.91 Å². The van der Waals surface area contributed by atoms with Crippen LogP contribution >= 0.6 is 0 Å². The van der Waals surface area contributed by atoms with Gasteiger partial charge >= 0.3 is 6.09 Å². The number of benzene rings is 1. The Morgan fingerprint density at radius 3 is 2.43 bits per heavy atom. The summed E-state index contributed by atoms with van der Waals surface area (Å²) < 4.78 is 5.46. The van der Waals surface area contributed by atoms with Gasteiger partial charge in [0.1, 0.15) is 11.3 Å². The molecule has 0 saturated carbocycles. The lowest BCUT2D eigenvalue weighted by Gasteiger charge is -2.40. The summed E-state index contributed by atoms with van der Waals surface area (Å²) >= 11 is 0. The van der Waals surface area contributed by atoms with Crippen molar-refractivity contribution < 1.29 is 9.53 Å². The van der Waals surface area contributed by atoms with Crippen molar-refractivity contribution in [3.63, 3.8) is 0 Å². The number of carbonyl (C=O) groups excluding carboxylic acids is 1. The van der Waals surface area contributed by atoms with Gasteiger partial charge in [0.25, 0.3) is 0 Å². The number of piperazine rings is 1. The molecule has 1 aliphatic rings. The third-order valence-electron chi connectivity index (χ3n) is 3.79. The summed E-state index contributed by atoms with van der Waals surface area (Å²) in [5, 5.41) is 2.91. The highest BCUT2D eigenvalue weighted by Crippen LogP contribution is 2.18. The molecule has 2 rings (SSSR count). The van der Waals surface area contributed by atoms with Crippen molar-refractivity contribution in [2.75, 3.05) is 19.6 Å². The summed E-state index contributed by atoms with van der Waals surface area (Å²) in [6.45, 7) is 10.7. The fourth-order valence-corrected chi connectivity index (χ4v) is 2.69. The highest BCUT2D eigenvalue weighted by molar-refractivity contribution is 5.68. The molecule has 0 spiro atoms. The third-order valence-corrected chi connectivity index (χ3v) is 3.79. The van der Waals surface area contributed by atoms with Gasteiger partial charge in [-0.3, -0.25) is 4.90 Å². The Kier molecular flexibility index (Phi) is 5.36. The summed E-state index contributed by atoms with van der Waals surface area (Å²) in [6, 6.07) is 7.39. The predicted octanol–water partition coefficient (Wildman–Crippen LogP) is 3.53. The highest BCUT2D eigenvalue weighted by atomic mass is 16.6. The van der Waals surface area contributed by atoms with E-state index in [1.54, 1.807) is 17.0 Å². The van der Waals surface area contributed by atoms with Crippen LogP contribution in [0.3, 0.4) is 0 Å². The first kappa shape index (κ1) is 17.4. The number of hydrogen-bond donors (Lipinski definition) is 0. The normalized spacial score (nSPS) is 19.5. The second-order valence-electron chi connectivity index (χ2n) is 7.02. The lowest BCUT2D eigenvalue weighted by molar-refractivity contribution is 0.000563. The molecule has 1 heterocycles. The van der Waals surface area contributed by atoms with E-state index in [4.69, 9.17) is 4.74 Å². The van der Waals surface area contributed by atoms with E-state index in [1.807, 2.05) is 39.8 Å². The molecule has 1 saturated heterocycles. The number of ether oxygens (including phenoxy) is 1. The molecule has 6 nitrogen and oxygen atoms in total. The third kappa shape index (κ3) is 5.03. The van der Waals surface area contributed by atoms with Gasteiger partial charge in [0.2, 0.25) is 0 Å². The molecular weight excluding hydrogens is 294 g/mol. The van der Waals surface area contributed by atoms with Crippen molar-refractivity contribution >= 4 is 11.8 Å². The monoisotopic (exact) mass is 319 g/mol. The molecule has 0 unspecified atom stereocenters. The van der Waals surface area contributed by atoms with E-state index in [9.17, 15) is 9.70 Å². The lowest BCUT2D eigenvalue weighted by atomic mass is 10.1. The predicted molar refractivity (Wildman–Crippen MR) is 89.6 cm³/mol. The standard InChI is InChI=1S/C17H25N3O3/c1-13-11-19(12-14-5-7-15(18-22)8-6-14)9-10-20(13)16(21)23-17(2,3)4/h5-8,13H,9-12H2,1-4H3/t13-/m1/s1. The average Bonchev–Trinajstić information content (AvgIpc) is 2.46. The van der Waals surface area contributed by atoms with Crippen LogP contribution < -0.4 is 0 Å². The van der Waals surface area contributed by atoms with Gasteiger partial charge in [0.05, 0.1) is 0 Å². The van der Waals surface area contributed by atoms with Gasteiger partial charge in [0, 0.05) is 32.2 Å². The molecule has 1 aliphatic heterocycles. The maximum Gasteiger partial charge on any atom is 0.410 e. The van der Waals surface area contributed by atoms with Crippen LogP contribution in [0.25, 0.3) is 0 Å². The molecule has 6 heteroatoms. The Bertz CT molecular complexity index is 551. The van der Waals surface area contributed by atoms with E-state index < -0.39 is 5.60 Å². The van der Waals surface area contributed by atoms with Crippen molar-refractivity contribution in [1.29, 1.82) is 0 Å². The Morgan fingerprint density at radius 1 is 1.26 bits per heavy atom. The quantitative estimate of drug-likeness (QED) is 0.800. The van der Waals surface area contributed by atoms with Crippen molar-refractivity contribution in [3.8, 4) is 0 Å². The first-order valence-corrected chi connectivity index (χ1v) is 7.93. The van der Waals surface area contributed by atoms with Gasteiger partial charge in [-0.15, -0.1) is 4.91 Å². The minimum Gasteiger partial charge on any atom is -0.444 e. The zero-order valence-electron chi connectivity index (χ0n) is 14.3. The van der Waals surface area contributed by atoms with E-state index >= 15 is 0 Å². The number of amides is 1. The zero-order chi connectivity index (χ0) is 17.0. The van der Waals surface area contributed by atoms with Gasteiger partial charge in [-0.05, 0) is 50.6 Å². The summed E-state index contributed by atoms with van der Waals surface area (Å²) in [5.41, 5.74) is 1.11. The first-order chi connectivity index (χ1) is 10.8. The van der Waals surface area contributed by atoms with Crippen molar-refractivity contribution in [2.45, 2.75) is 45.9 Å². The van der Waals surface area contributed by atoms with Crippen LogP contribution in [0.2, 0.25) is 0 Å². The van der Waals surface area contributed by atoms with Crippen LogP contribution in [0.5, 0.6) is 0 Å². The topological polar surface area (TPSA) is 62.2 Å². The molecule has 0 radical (unpaired) electrons. The first-order valence-electron chi connectivity index (χ1n) is 7.93. The number of hydrogen-bond acceptors (Lipinski definition) is 5. The molecular formula is C17H25N3O3. The van der Waals surface area contributed by atoms with E-state index in [0.29, 0.717) is 12.2 Å². The molecule has 0 aromatic heterocycles. The fourth-order valence-electron chi connectivity index (χ4n) is 2.69. The minimum atomic E-state index is -0.470. The Balaban J connectivity index is 1.90. The second-order valence-corrected chi connectivity index (χ2v) is 7.02. The SMILES string of the molecule is C[C@@H]1CN(Cc2ccc(N=O)cc2)CCN1C(=O)OC(C)(C)C. The van der Waals surface area contributed by atoms with Gasteiger partial charge in [-0.2, -0.15) is 0 Å². The van der Waals surface area contributed by atoms with E-state index in [1.165, 1.54) is 0 Å². The van der Waals surface area contributed by atoms with Crippen molar-refractivity contribution in [3.05, 3.63) is 34.7 Å². The van der Waals surface area contributed by atoms with Crippen LogP contribution in [0.15, 0.2) is 29.4 Å². The van der Waals surface area contributed by atoms with E-state index in [-0.39, 0.29) is 12.1 Å². The minimum absolute atomic E-state index is 0.106. The maximum atomic E-state index is 12.2. The second kappa shape index (κ2) is 7.08. The van der Waals surface area contributed by atoms with Crippen LogP contribution in [0.4, 0.5) is 10.5 Å². The van der Waals surface area contributed by atoms with Crippen LogP contribution in [0.1, 0.15) is 33.3 Å². The average molecular weight is 319 g/mol. The lowest BCUT2D eigenvalue weighted by Crippen LogP contribution is -2.54. The van der Waals surface area contributed by atoms with Crippen LogP contribution in [-0.2, 0) is 11.3 Å². The Hall–Kier alpha value is -1.95. The zero-order valence-corrected chi connectivity index (χ0v) is 14.3. The molecule has 1 aromatic rings. The van der Waals surface area contributed by atoms with Gasteiger partial charge in [-0.1, -0.05) is 12.1 Å². The van der Waals surface area contributed by atoms with Gasteiger partial charge < -0.3 is 9.64 Å². The van der Waals surface area contributed by atoms with Gasteiger partial charge in [-0.25, -0.2) is 4.79 Å². The van der Waals surface area contributed by atoms with Crippen LogP contribution in [-0.4, -0.2) is 47.2 Å². The summed E-state index contributed by atoms with van der Waals surface area (Å²) in [7, 11) is 0. The van der Waals surface area contributed by atoms with Gasteiger partial charge in [0.15, 0.2) is 0 Å². The van der Waals surface area contributed by atoms with E-state index in [0.717, 1.165) is 25.2 Å². The molecule has 1 aromatic carbocycles. The molecule has 0 bridgehead atoms. The number of nitrogens with zero attached hydrogens (tertiary/aromatic N) is 3. The summed E-state index contributed by atoms with van der Waals surface area (Å²) in [6.07, 6.45) is -0.244. The van der Waals surface area contributed by atoms with Crippen molar-refractivity contribution in [1.82, 2.24) is 9.80 Å². The highest BCUT2D eigenvalue weighted by Gasteiger charge is 2.30.